The molecule has 3 aromatic rings. The second-order valence-electron chi connectivity index (χ2n) is 8.59. The van der Waals surface area contributed by atoms with Gasteiger partial charge in [-0.1, -0.05) is 47.6 Å². The van der Waals surface area contributed by atoms with Crippen LogP contribution in [0.25, 0.3) is 11.1 Å². The van der Waals surface area contributed by atoms with Crippen LogP contribution in [0.4, 0.5) is 9.18 Å². The zero-order valence-corrected chi connectivity index (χ0v) is 20.1. The quantitative estimate of drug-likeness (QED) is 0.510. The smallest absolute Gasteiger partial charge is 0.320 e. The summed E-state index contributed by atoms with van der Waals surface area (Å²) in [6, 6.07) is 14.8. The van der Waals surface area contributed by atoms with Crippen molar-refractivity contribution in [3.05, 3.63) is 71.6 Å². The Morgan fingerprint density at radius 1 is 1.09 bits per heavy atom. The fourth-order valence-corrected chi connectivity index (χ4v) is 4.29. The van der Waals surface area contributed by atoms with E-state index in [1.807, 2.05) is 67.0 Å². The average molecular weight is 466 g/mol. The summed E-state index contributed by atoms with van der Waals surface area (Å²) in [6.07, 6.45) is 0. The number of piperazine rings is 1. The predicted molar refractivity (Wildman–Crippen MR) is 129 cm³/mol. The minimum atomic E-state index is -0.271. The number of nitrogens with zero attached hydrogens (tertiary/aromatic N) is 5. The van der Waals surface area contributed by atoms with Gasteiger partial charge in [-0.3, -0.25) is 4.90 Å². The molecule has 1 aliphatic heterocycles. The second kappa shape index (κ2) is 10.8. The van der Waals surface area contributed by atoms with Crippen LogP contribution in [-0.4, -0.2) is 70.1 Å². The number of hydrogen-bond donors (Lipinski definition) is 0. The Morgan fingerprint density at radius 3 is 2.44 bits per heavy atom. The van der Waals surface area contributed by atoms with Gasteiger partial charge in [0.2, 0.25) is 5.89 Å². The van der Waals surface area contributed by atoms with Crippen LogP contribution in [0.1, 0.15) is 44.0 Å². The topological polar surface area (TPSA) is 65.7 Å². The van der Waals surface area contributed by atoms with Crippen LogP contribution in [0, 0.1) is 5.82 Å². The van der Waals surface area contributed by atoms with Crippen molar-refractivity contribution in [2.24, 2.45) is 0 Å². The molecule has 0 aliphatic carbocycles. The van der Waals surface area contributed by atoms with Gasteiger partial charge in [0.05, 0.1) is 12.5 Å². The molecule has 180 valence electrons. The van der Waals surface area contributed by atoms with Crippen LogP contribution < -0.4 is 0 Å². The SMILES string of the molecule is CCN(CC)C(=O)N1CCN(Cc2noc(C(C)c3ccc(-c4ccccc4)c(F)c3)n2)CC1. The highest BCUT2D eigenvalue weighted by molar-refractivity contribution is 5.74. The normalized spacial score (nSPS) is 15.4. The second-order valence-corrected chi connectivity index (χ2v) is 8.59. The highest BCUT2D eigenvalue weighted by Gasteiger charge is 2.25. The van der Waals surface area contributed by atoms with Crippen molar-refractivity contribution in [2.45, 2.75) is 33.2 Å². The lowest BCUT2D eigenvalue weighted by Crippen LogP contribution is -2.52. The van der Waals surface area contributed by atoms with Gasteiger partial charge in [-0.25, -0.2) is 9.18 Å². The molecule has 1 saturated heterocycles. The molecule has 2 amide bonds. The fraction of sp³-hybridized carbons (Fsp3) is 0.423. The minimum absolute atomic E-state index is 0.103. The maximum Gasteiger partial charge on any atom is 0.320 e. The van der Waals surface area contributed by atoms with Gasteiger partial charge in [0.25, 0.3) is 0 Å². The summed E-state index contributed by atoms with van der Waals surface area (Å²) >= 11 is 0. The number of aromatic nitrogens is 2. The van der Waals surface area contributed by atoms with Crippen LogP contribution in [-0.2, 0) is 6.54 Å². The van der Waals surface area contributed by atoms with E-state index in [0.29, 0.717) is 36.9 Å². The number of benzene rings is 2. The van der Waals surface area contributed by atoms with E-state index in [-0.39, 0.29) is 17.8 Å². The third-order valence-corrected chi connectivity index (χ3v) is 6.47. The van der Waals surface area contributed by atoms with Gasteiger partial charge in [-0.15, -0.1) is 0 Å². The van der Waals surface area contributed by atoms with Crippen molar-refractivity contribution in [2.75, 3.05) is 39.3 Å². The largest absolute Gasteiger partial charge is 0.339 e. The standard InChI is InChI=1S/C26H32FN5O2/c1-4-31(5-2)26(33)32-15-13-30(14-16-32)18-24-28-25(34-29-24)19(3)21-11-12-22(23(27)17-21)20-9-7-6-8-10-20/h6-12,17,19H,4-5,13-16,18H2,1-3H3. The molecule has 1 fully saturated rings. The van der Waals surface area contributed by atoms with E-state index in [1.54, 1.807) is 12.1 Å². The van der Waals surface area contributed by atoms with Crippen molar-refractivity contribution >= 4 is 6.03 Å². The molecule has 2 heterocycles. The Kier molecular flexibility index (Phi) is 7.57. The third kappa shape index (κ3) is 5.28. The van der Waals surface area contributed by atoms with E-state index >= 15 is 0 Å². The fourth-order valence-electron chi connectivity index (χ4n) is 4.29. The summed E-state index contributed by atoms with van der Waals surface area (Å²) in [5.41, 5.74) is 2.20. The molecule has 0 radical (unpaired) electrons. The number of carbonyl (C=O) groups excluding carboxylic acids is 1. The van der Waals surface area contributed by atoms with E-state index in [1.165, 1.54) is 0 Å². The van der Waals surface area contributed by atoms with Gasteiger partial charge in [-0.05, 0) is 38.0 Å². The van der Waals surface area contributed by atoms with E-state index < -0.39 is 0 Å². The Morgan fingerprint density at radius 2 is 1.79 bits per heavy atom. The summed E-state index contributed by atoms with van der Waals surface area (Å²) in [5.74, 6) is 0.584. The molecule has 1 unspecified atom stereocenters. The van der Waals surface area contributed by atoms with Gasteiger partial charge >= 0.3 is 6.03 Å². The van der Waals surface area contributed by atoms with Crippen molar-refractivity contribution in [1.29, 1.82) is 0 Å². The van der Waals surface area contributed by atoms with Gasteiger partial charge in [0.15, 0.2) is 5.82 Å². The van der Waals surface area contributed by atoms with Gasteiger partial charge in [0.1, 0.15) is 5.82 Å². The predicted octanol–water partition coefficient (Wildman–Crippen LogP) is 4.61. The molecular formula is C26H32FN5O2. The number of urea groups is 1. The third-order valence-electron chi connectivity index (χ3n) is 6.47. The molecule has 0 bridgehead atoms. The highest BCUT2D eigenvalue weighted by atomic mass is 19.1. The van der Waals surface area contributed by atoms with Crippen molar-refractivity contribution in [3.63, 3.8) is 0 Å². The number of hydrogen-bond acceptors (Lipinski definition) is 5. The summed E-state index contributed by atoms with van der Waals surface area (Å²) < 4.78 is 20.3. The number of halogens is 1. The van der Waals surface area contributed by atoms with E-state index in [9.17, 15) is 9.18 Å². The number of amides is 2. The maximum absolute atomic E-state index is 14.8. The molecule has 4 rings (SSSR count). The molecule has 1 aliphatic rings. The molecule has 1 atom stereocenters. The first kappa shape index (κ1) is 23.9. The summed E-state index contributed by atoms with van der Waals surface area (Å²) in [4.78, 5) is 23.1. The van der Waals surface area contributed by atoms with Crippen LogP contribution in [0.3, 0.4) is 0 Å². The molecule has 0 spiro atoms. The Hall–Kier alpha value is -3.26. The van der Waals surface area contributed by atoms with E-state index in [0.717, 1.165) is 37.3 Å². The maximum atomic E-state index is 14.8. The number of carbonyl (C=O) groups is 1. The van der Waals surface area contributed by atoms with Crippen molar-refractivity contribution < 1.29 is 13.7 Å². The van der Waals surface area contributed by atoms with Crippen LogP contribution in [0.15, 0.2) is 53.1 Å². The van der Waals surface area contributed by atoms with Gasteiger partial charge < -0.3 is 14.3 Å². The zero-order valence-electron chi connectivity index (χ0n) is 20.1. The van der Waals surface area contributed by atoms with Crippen LogP contribution in [0.5, 0.6) is 0 Å². The monoisotopic (exact) mass is 465 g/mol. The molecule has 7 nitrogen and oxygen atoms in total. The molecule has 0 saturated carbocycles. The average Bonchev–Trinajstić information content (AvgIpc) is 3.33. The molecular weight excluding hydrogens is 433 g/mol. The zero-order chi connectivity index (χ0) is 24.1. The lowest BCUT2D eigenvalue weighted by atomic mass is 9.97. The molecule has 1 aromatic heterocycles. The lowest BCUT2D eigenvalue weighted by Gasteiger charge is -2.36. The first-order chi connectivity index (χ1) is 16.5. The van der Waals surface area contributed by atoms with Crippen LogP contribution in [0.2, 0.25) is 0 Å². The summed E-state index contributed by atoms with van der Waals surface area (Å²) in [7, 11) is 0. The molecule has 34 heavy (non-hydrogen) atoms. The van der Waals surface area contributed by atoms with Crippen molar-refractivity contribution in [1.82, 2.24) is 24.8 Å². The Bertz CT molecular complexity index is 1090. The first-order valence-electron chi connectivity index (χ1n) is 11.9. The molecule has 8 heteroatoms. The highest BCUT2D eigenvalue weighted by Crippen LogP contribution is 2.29. The Labute approximate surface area is 200 Å². The summed E-state index contributed by atoms with van der Waals surface area (Å²) in [6.45, 7) is 10.8. The number of rotatable bonds is 7. The van der Waals surface area contributed by atoms with Gasteiger partial charge in [-0.2, -0.15) is 4.98 Å². The van der Waals surface area contributed by atoms with Gasteiger partial charge in [0, 0.05) is 44.8 Å². The molecule has 2 aromatic carbocycles. The molecule has 0 N–H and O–H groups in total. The van der Waals surface area contributed by atoms with Crippen LogP contribution >= 0.6 is 0 Å². The Balaban J connectivity index is 1.36. The lowest BCUT2D eigenvalue weighted by molar-refractivity contribution is 0.110. The first-order valence-corrected chi connectivity index (χ1v) is 11.9. The minimum Gasteiger partial charge on any atom is -0.339 e. The summed E-state index contributed by atoms with van der Waals surface area (Å²) in [5, 5.41) is 4.14. The van der Waals surface area contributed by atoms with E-state index in [2.05, 4.69) is 15.0 Å². The van der Waals surface area contributed by atoms with Crippen molar-refractivity contribution in [3.8, 4) is 11.1 Å². The van der Waals surface area contributed by atoms with E-state index in [4.69, 9.17) is 4.52 Å².